The number of halogens is 2. The number of carbonyl (C=O) groups is 1. The van der Waals surface area contributed by atoms with Gasteiger partial charge in [-0.2, -0.15) is 0 Å². The number of carbonyl (C=O) groups excluding carboxylic acids is 1. The summed E-state index contributed by atoms with van der Waals surface area (Å²) in [6, 6.07) is -0.813. The number of aliphatic hydroxyl groups is 1. The smallest absolute Gasteiger partial charge is 0.250 e. The van der Waals surface area contributed by atoms with Crippen molar-refractivity contribution in [2.75, 3.05) is 0 Å². The first-order valence-electron chi connectivity index (χ1n) is 5.41. The predicted molar refractivity (Wildman–Crippen MR) is 55.0 cm³/mol. The molecule has 0 radical (unpaired) electrons. The topological polar surface area (TPSA) is 75.3 Å². The van der Waals surface area contributed by atoms with Gasteiger partial charge in [0.25, 0.3) is 5.91 Å². The molecule has 1 rings (SSSR count). The number of hydrogen-bond donors (Lipinski definition) is 3. The van der Waals surface area contributed by atoms with E-state index in [2.05, 4.69) is 5.32 Å². The molecule has 1 fully saturated rings. The molecule has 94 valence electrons. The van der Waals surface area contributed by atoms with E-state index in [4.69, 9.17) is 5.73 Å². The Morgan fingerprint density at radius 1 is 1.62 bits per heavy atom. The Morgan fingerprint density at radius 2 is 2.19 bits per heavy atom. The van der Waals surface area contributed by atoms with Gasteiger partial charge in [0.1, 0.15) is 6.10 Å². The normalized spacial score (nSPS) is 20.3. The standard InChI is InChI=1S/C10H18F2N2O2/c1-10(11,12)5-4-7(13)8(15)9(16)14-6-2-3-6/h6-8,15H,2-5,13H2,1H3,(H,14,16)/t7-,8?/m0/s1. The van der Waals surface area contributed by atoms with Crippen LogP contribution in [0.1, 0.15) is 32.6 Å². The van der Waals surface area contributed by atoms with Crippen LogP contribution in [0.5, 0.6) is 0 Å². The van der Waals surface area contributed by atoms with Crippen molar-refractivity contribution in [1.82, 2.24) is 5.32 Å². The minimum atomic E-state index is -2.82. The van der Waals surface area contributed by atoms with Crippen LogP contribution in [0.25, 0.3) is 0 Å². The SMILES string of the molecule is CC(F)(F)CC[C@H](N)C(O)C(=O)NC1CC1. The molecule has 0 aromatic heterocycles. The average Bonchev–Trinajstić information content (AvgIpc) is 2.95. The van der Waals surface area contributed by atoms with Crippen molar-refractivity contribution >= 4 is 5.91 Å². The van der Waals surface area contributed by atoms with Gasteiger partial charge in [-0.15, -0.1) is 0 Å². The third kappa shape index (κ3) is 4.85. The molecule has 1 saturated carbocycles. The van der Waals surface area contributed by atoms with Crippen LogP contribution in [-0.4, -0.2) is 35.1 Å². The fourth-order valence-corrected chi connectivity index (χ4v) is 1.29. The van der Waals surface area contributed by atoms with E-state index in [1.54, 1.807) is 0 Å². The molecule has 1 aliphatic carbocycles. The molecule has 4 N–H and O–H groups in total. The van der Waals surface area contributed by atoms with Crippen LogP contribution in [0.15, 0.2) is 0 Å². The first-order valence-corrected chi connectivity index (χ1v) is 5.41. The summed E-state index contributed by atoms with van der Waals surface area (Å²) in [5, 5.41) is 12.1. The lowest BCUT2D eigenvalue weighted by Gasteiger charge is -2.19. The van der Waals surface area contributed by atoms with Crippen LogP contribution < -0.4 is 11.1 Å². The quantitative estimate of drug-likeness (QED) is 0.624. The molecule has 4 nitrogen and oxygen atoms in total. The Labute approximate surface area is 93.2 Å². The van der Waals surface area contributed by atoms with Crippen molar-refractivity contribution in [3.05, 3.63) is 0 Å². The van der Waals surface area contributed by atoms with Crippen LogP contribution in [0.2, 0.25) is 0 Å². The maximum absolute atomic E-state index is 12.5. The van der Waals surface area contributed by atoms with Crippen molar-refractivity contribution in [1.29, 1.82) is 0 Å². The summed E-state index contributed by atoms with van der Waals surface area (Å²) < 4.78 is 25.1. The van der Waals surface area contributed by atoms with E-state index in [-0.39, 0.29) is 12.5 Å². The lowest BCUT2D eigenvalue weighted by Crippen LogP contribution is -2.47. The highest BCUT2D eigenvalue weighted by Gasteiger charge is 2.31. The van der Waals surface area contributed by atoms with Gasteiger partial charge in [0.2, 0.25) is 5.92 Å². The number of hydrogen-bond acceptors (Lipinski definition) is 3. The Hall–Kier alpha value is -0.750. The Morgan fingerprint density at radius 3 is 2.62 bits per heavy atom. The molecule has 2 atom stereocenters. The Bertz CT molecular complexity index is 252. The number of amides is 1. The molecular weight excluding hydrogens is 218 g/mol. The van der Waals surface area contributed by atoms with E-state index in [1.165, 1.54) is 0 Å². The molecule has 0 aromatic rings. The zero-order chi connectivity index (χ0) is 12.3. The van der Waals surface area contributed by atoms with Gasteiger partial charge in [0, 0.05) is 18.5 Å². The number of alkyl halides is 2. The molecule has 0 heterocycles. The van der Waals surface area contributed by atoms with Crippen molar-refractivity contribution < 1.29 is 18.7 Å². The largest absolute Gasteiger partial charge is 0.382 e. The maximum atomic E-state index is 12.5. The first-order chi connectivity index (χ1) is 7.29. The van der Waals surface area contributed by atoms with Gasteiger partial charge in [-0.3, -0.25) is 4.79 Å². The third-order valence-electron chi connectivity index (χ3n) is 2.51. The van der Waals surface area contributed by atoms with E-state index in [9.17, 15) is 18.7 Å². The van der Waals surface area contributed by atoms with Crippen LogP contribution >= 0.6 is 0 Å². The molecule has 0 aliphatic heterocycles. The third-order valence-corrected chi connectivity index (χ3v) is 2.51. The van der Waals surface area contributed by atoms with E-state index in [0.29, 0.717) is 0 Å². The minimum Gasteiger partial charge on any atom is -0.382 e. The maximum Gasteiger partial charge on any atom is 0.250 e. The van der Waals surface area contributed by atoms with Gasteiger partial charge in [-0.25, -0.2) is 8.78 Å². The summed E-state index contributed by atoms with van der Waals surface area (Å²) in [6.07, 6.45) is -0.102. The molecule has 1 unspecified atom stereocenters. The van der Waals surface area contributed by atoms with Crippen LogP contribution in [-0.2, 0) is 4.79 Å². The highest BCUT2D eigenvalue weighted by atomic mass is 19.3. The summed E-state index contributed by atoms with van der Waals surface area (Å²) >= 11 is 0. The van der Waals surface area contributed by atoms with Gasteiger partial charge >= 0.3 is 0 Å². The monoisotopic (exact) mass is 236 g/mol. The fraction of sp³-hybridized carbons (Fsp3) is 0.900. The summed E-state index contributed by atoms with van der Waals surface area (Å²) in [5.74, 6) is -3.38. The van der Waals surface area contributed by atoms with E-state index < -0.39 is 30.4 Å². The van der Waals surface area contributed by atoms with Gasteiger partial charge in [-0.05, 0) is 26.2 Å². The zero-order valence-corrected chi connectivity index (χ0v) is 9.25. The number of nitrogens with two attached hydrogens (primary N) is 1. The number of nitrogens with one attached hydrogen (secondary N) is 1. The molecule has 16 heavy (non-hydrogen) atoms. The van der Waals surface area contributed by atoms with E-state index >= 15 is 0 Å². The minimum absolute atomic E-state index is 0.0806. The van der Waals surface area contributed by atoms with E-state index in [0.717, 1.165) is 19.8 Å². The second-order valence-corrected chi connectivity index (χ2v) is 4.50. The lowest BCUT2D eigenvalue weighted by atomic mass is 10.0. The lowest BCUT2D eigenvalue weighted by molar-refractivity contribution is -0.130. The molecule has 1 amide bonds. The van der Waals surface area contributed by atoms with Crippen molar-refractivity contribution in [2.24, 2.45) is 5.73 Å². The summed E-state index contributed by atoms with van der Waals surface area (Å²) in [5.41, 5.74) is 5.48. The molecule has 0 saturated heterocycles. The summed E-state index contributed by atoms with van der Waals surface area (Å²) in [6.45, 7) is 0.788. The molecule has 0 spiro atoms. The highest BCUT2D eigenvalue weighted by Crippen LogP contribution is 2.21. The molecule has 6 heteroatoms. The predicted octanol–water partition coefficient (Wildman–Crippen LogP) is 0.389. The van der Waals surface area contributed by atoms with Crippen molar-refractivity contribution in [3.63, 3.8) is 0 Å². The Balaban J connectivity index is 2.28. The fourth-order valence-electron chi connectivity index (χ4n) is 1.29. The molecule has 0 bridgehead atoms. The average molecular weight is 236 g/mol. The van der Waals surface area contributed by atoms with Crippen molar-refractivity contribution in [3.8, 4) is 0 Å². The van der Waals surface area contributed by atoms with Crippen LogP contribution in [0.4, 0.5) is 8.78 Å². The molecular formula is C10H18F2N2O2. The van der Waals surface area contributed by atoms with Crippen LogP contribution in [0.3, 0.4) is 0 Å². The van der Waals surface area contributed by atoms with Gasteiger partial charge < -0.3 is 16.2 Å². The zero-order valence-electron chi connectivity index (χ0n) is 9.25. The highest BCUT2D eigenvalue weighted by molar-refractivity contribution is 5.81. The van der Waals surface area contributed by atoms with Gasteiger partial charge in [0.05, 0.1) is 0 Å². The second-order valence-electron chi connectivity index (χ2n) is 4.50. The van der Waals surface area contributed by atoms with Gasteiger partial charge in [0.15, 0.2) is 0 Å². The van der Waals surface area contributed by atoms with Gasteiger partial charge in [-0.1, -0.05) is 0 Å². The first kappa shape index (κ1) is 13.3. The number of rotatable bonds is 6. The number of aliphatic hydroxyl groups excluding tert-OH is 1. The second kappa shape index (κ2) is 5.05. The van der Waals surface area contributed by atoms with Crippen molar-refractivity contribution in [2.45, 2.75) is 56.7 Å². The van der Waals surface area contributed by atoms with Crippen LogP contribution in [0, 0.1) is 0 Å². The van der Waals surface area contributed by atoms with E-state index in [1.807, 2.05) is 0 Å². The molecule has 1 aliphatic rings. The Kier molecular flexibility index (Phi) is 4.21. The summed E-state index contributed by atoms with van der Waals surface area (Å²) in [4.78, 5) is 11.3. The molecule has 0 aromatic carbocycles. The summed E-state index contributed by atoms with van der Waals surface area (Å²) in [7, 11) is 0.